The summed E-state index contributed by atoms with van der Waals surface area (Å²) in [4.78, 5) is 39.7. The third-order valence-electron chi connectivity index (χ3n) is 4.37. The fraction of sp³-hybridized carbons (Fsp3) is 0.786. The van der Waals surface area contributed by atoms with Crippen molar-refractivity contribution in [1.29, 1.82) is 0 Å². The molecule has 2 saturated heterocycles. The number of amides is 3. The summed E-state index contributed by atoms with van der Waals surface area (Å²) >= 11 is 0. The number of carboxylic acid groups (broad SMARTS) is 1. The number of likely N-dealkylation sites (tertiary alicyclic amines) is 1. The van der Waals surface area contributed by atoms with Crippen molar-refractivity contribution in [1.82, 2.24) is 14.7 Å². The molecule has 0 aromatic heterocycles. The van der Waals surface area contributed by atoms with E-state index >= 15 is 0 Å². The van der Waals surface area contributed by atoms with Gasteiger partial charge in [0.2, 0.25) is 11.8 Å². The van der Waals surface area contributed by atoms with Gasteiger partial charge in [-0.05, 0) is 19.3 Å². The van der Waals surface area contributed by atoms with Crippen LogP contribution >= 0.6 is 0 Å². The third-order valence-corrected chi connectivity index (χ3v) is 4.37. The number of nitrogens with zero attached hydrogens (tertiary/aromatic N) is 3. The van der Waals surface area contributed by atoms with Crippen LogP contribution in [-0.2, 0) is 9.59 Å². The molecule has 2 fully saturated rings. The maximum atomic E-state index is 12.5. The molecule has 0 spiro atoms. The Bertz CT molecular complexity index is 418. The highest BCUT2D eigenvalue weighted by Crippen LogP contribution is 2.20. The van der Waals surface area contributed by atoms with E-state index < -0.39 is 6.09 Å². The Balaban J connectivity index is 1.86. The van der Waals surface area contributed by atoms with E-state index in [2.05, 4.69) is 0 Å². The number of carbonyl (C=O) groups excluding carboxylic acids is 2. The van der Waals surface area contributed by atoms with Gasteiger partial charge in [-0.25, -0.2) is 4.79 Å². The largest absolute Gasteiger partial charge is 0.465 e. The van der Waals surface area contributed by atoms with E-state index in [0.29, 0.717) is 58.5 Å². The summed E-state index contributed by atoms with van der Waals surface area (Å²) in [5.74, 6) is 0.148. The van der Waals surface area contributed by atoms with E-state index in [1.54, 1.807) is 16.7 Å². The lowest BCUT2D eigenvalue weighted by Gasteiger charge is -2.33. The predicted octanol–water partition coefficient (Wildman–Crippen LogP) is 0.457. The molecule has 0 radical (unpaired) electrons. The van der Waals surface area contributed by atoms with Crippen molar-refractivity contribution in [3.63, 3.8) is 0 Å². The van der Waals surface area contributed by atoms with E-state index in [4.69, 9.17) is 5.11 Å². The second kappa shape index (κ2) is 6.78. The first-order valence-corrected chi connectivity index (χ1v) is 7.51. The quantitative estimate of drug-likeness (QED) is 0.762. The molecule has 1 N–H and O–H groups in total. The van der Waals surface area contributed by atoms with E-state index in [1.165, 1.54) is 4.90 Å². The zero-order chi connectivity index (χ0) is 15.4. The molecule has 2 rings (SSSR count). The molecule has 0 bridgehead atoms. The van der Waals surface area contributed by atoms with Crippen molar-refractivity contribution in [3.05, 3.63) is 0 Å². The standard InChI is InChI=1S/C14H23N3O4/c1-11(18)15-7-3-12(4-8-15)13(19)16-5-2-6-17(10-9-16)14(20)21/h12H,2-10H2,1H3,(H,20,21). The molecule has 21 heavy (non-hydrogen) atoms. The minimum Gasteiger partial charge on any atom is -0.465 e. The molecule has 7 nitrogen and oxygen atoms in total. The first-order valence-electron chi connectivity index (χ1n) is 7.51. The van der Waals surface area contributed by atoms with Crippen molar-refractivity contribution < 1.29 is 19.5 Å². The van der Waals surface area contributed by atoms with Crippen molar-refractivity contribution in [2.45, 2.75) is 26.2 Å². The Morgan fingerprint density at radius 2 is 1.43 bits per heavy atom. The van der Waals surface area contributed by atoms with Crippen LogP contribution in [0.4, 0.5) is 4.79 Å². The van der Waals surface area contributed by atoms with Gasteiger partial charge in [0.1, 0.15) is 0 Å². The summed E-state index contributed by atoms with van der Waals surface area (Å²) in [6.45, 7) is 4.79. The van der Waals surface area contributed by atoms with Gasteiger partial charge in [-0.15, -0.1) is 0 Å². The Hall–Kier alpha value is -1.79. The fourth-order valence-electron chi connectivity index (χ4n) is 3.03. The molecule has 0 saturated carbocycles. The summed E-state index contributed by atoms with van der Waals surface area (Å²) in [5, 5.41) is 9.00. The molecule has 2 aliphatic heterocycles. The third kappa shape index (κ3) is 3.86. The summed E-state index contributed by atoms with van der Waals surface area (Å²) in [7, 11) is 0. The first kappa shape index (κ1) is 15.6. The summed E-state index contributed by atoms with van der Waals surface area (Å²) in [5.41, 5.74) is 0. The Morgan fingerprint density at radius 1 is 0.857 bits per heavy atom. The topological polar surface area (TPSA) is 81.2 Å². The van der Waals surface area contributed by atoms with Gasteiger partial charge in [0, 0.05) is 52.1 Å². The molecule has 2 aliphatic rings. The Kier molecular flexibility index (Phi) is 5.03. The monoisotopic (exact) mass is 297 g/mol. The van der Waals surface area contributed by atoms with E-state index in [9.17, 15) is 14.4 Å². The highest BCUT2D eigenvalue weighted by Gasteiger charge is 2.30. The van der Waals surface area contributed by atoms with Gasteiger partial charge in [-0.1, -0.05) is 0 Å². The van der Waals surface area contributed by atoms with Gasteiger partial charge in [-0.3, -0.25) is 9.59 Å². The molecule has 3 amide bonds. The second-order valence-electron chi connectivity index (χ2n) is 5.73. The molecule has 7 heteroatoms. The smallest absolute Gasteiger partial charge is 0.407 e. The summed E-state index contributed by atoms with van der Waals surface area (Å²) in [6, 6.07) is 0. The lowest BCUT2D eigenvalue weighted by Crippen LogP contribution is -2.45. The van der Waals surface area contributed by atoms with Gasteiger partial charge >= 0.3 is 6.09 Å². The van der Waals surface area contributed by atoms with Gasteiger partial charge in [-0.2, -0.15) is 0 Å². The Morgan fingerprint density at radius 3 is 2.00 bits per heavy atom. The number of carbonyl (C=O) groups is 3. The highest BCUT2D eigenvalue weighted by molar-refractivity contribution is 5.80. The molecule has 0 aromatic carbocycles. The van der Waals surface area contributed by atoms with Gasteiger partial charge < -0.3 is 19.8 Å². The van der Waals surface area contributed by atoms with Gasteiger partial charge in [0.25, 0.3) is 0 Å². The van der Waals surface area contributed by atoms with Gasteiger partial charge in [0.15, 0.2) is 0 Å². The maximum absolute atomic E-state index is 12.5. The molecule has 0 atom stereocenters. The first-order chi connectivity index (χ1) is 9.99. The van der Waals surface area contributed by atoms with Crippen LogP contribution in [0.1, 0.15) is 26.2 Å². The van der Waals surface area contributed by atoms with Crippen molar-refractivity contribution in [2.75, 3.05) is 39.3 Å². The van der Waals surface area contributed by atoms with Crippen LogP contribution in [0, 0.1) is 5.92 Å². The molecule has 0 unspecified atom stereocenters. The number of piperidine rings is 1. The van der Waals surface area contributed by atoms with Crippen LogP contribution in [0.3, 0.4) is 0 Å². The Labute approximate surface area is 124 Å². The summed E-state index contributed by atoms with van der Waals surface area (Å²) < 4.78 is 0. The minimum atomic E-state index is -0.918. The average molecular weight is 297 g/mol. The number of rotatable bonds is 1. The summed E-state index contributed by atoms with van der Waals surface area (Å²) in [6.07, 6.45) is 1.18. The van der Waals surface area contributed by atoms with Crippen molar-refractivity contribution >= 4 is 17.9 Å². The second-order valence-corrected chi connectivity index (χ2v) is 5.73. The zero-order valence-electron chi connectivity index (χ0n) is 12.5. The van der Waals surface area contributed by atoms with Crippen LogP contribution in [0.2, 0.25) is 0 Å². The molecule has 0 aliphatic carbocycles. The number of hydrogen-bond donors (Lipinski definition) is 1. The van der Waals surface area contributed by atoms with Crippen molar-refractivity contribution in [3.8, 4) is 0 Å². The van der Waals surface area contributed by atoms with Crippen LogP contribution in [-0.4, -0.2) is 77.0 Å². The van der Waals surface area contributed by atoms with Crippen LogP contribution in [0.15, 0.2) is 0 Å². The fourth-order valence-corrected chi connectivity index (χ4v) is 3.03. The molecular weight excluding hydrogens is 274 g/mol. The highest BCUT2D eigenvalue weighted by atomic mass is 16.4. The zero-order valence-corrected chi connectivity index (χ0v) is 12.5. The molecule has 118 valence electrons. The van der Waals surface area contributed by atoms with E-state index in [0.717, 1.165) is 0 Å². The van der Waals surface area contributed by atoms with Crippen LogP contribution in [0.5, 0.6) is 0 Å². The lowest BCUT2D eigenvalue weighted by atomic mass is 9.95. The minimum absolute atomic E-state index is 0.0306. The molecule has 2 heterocycles. The van der Waals surface area contributed by atoms with E-state index in [-0.39, 0.29) is 17.7 Å². The van der Waals surface area contributed by atoms with Crippen LogP contribution in [0.25, 0.3) is 0 Å². The normalized spacial score (nSPS) is 21.1. The van der Waals surface area contributed by atoms with Crippen molar-refractivity contribution in [2.24, 2.45) is 5.92 Å². The molecular formula is C14H23N3O4. The lowest BCUT2D eigenvalue weighted by molar-refractivity contribution is -0.140. The number of hydrogen-bond acceptors (Lipinski definition) is 3. The van der Waals surface area contributed by atoms with E-state index in [1.807, 2.05) is 0 Å². The van der Waals surface area contributed by atoms with Crippen LogP contribution < -0.4 is 0 Å². The SMILES string of the molecule is CC(=O)N1CCC(C(=O)N2CCCN(C(=O)O)CC2)CC1. The predicted molar refractivity (Wildman–Crippen MR) is 75.8 cm³/mol. The average Bonchev–Trinajstić information content (AvgIpc) is 2.72. The maximum Gasteiger partial charge on any atom is 0.407 e. The van der Waals surface area contributed by atoms with Gasteiger partial charge in [0.05, 0.1) is 0 Å². The molecule has 0 aromatic rings.